The summed E-state index contributed by atoms with van der Waals surface area (Å²) in [5, 5.41) is 2.69. The summed E-state index contributed by atoms with van der Waals surface area (Å²) in [4.78, 5) is 25.1. The lowest BCUT2D eigenvalue weighted by Crippen LogP contribution is -2.25. The monoisotopic (exact) mass is 365 g/mol. The van der Waals surface area contributed by atoms with E-state index >= 15 is 0 Å². The first-order chi connectivity index (χ1) is 12.9. The van der Waals surface area contributed by atoms with Crippen molar-refractivity contribution in [1.29, 1.82) is 0 Å². The van der Waals surface area contributed by atoms with E-state index in [9.17, 15) is 9.59 Å². The molecule has 0 aliphatic heterocycles. The number of rotatable bonds is 5. The van der Waals surface area contributed by atoms with Gasteiger partial charge in [-0.3, -0.25) is 14.3 Å². The maximum absolute atomic E-state index is 12.8. The van der Waals surface area contributed by atoms with E-state index in [0.29, 0.717) is 11.4 Å². The molecule has 1 N–H and O–H groups in total. The van der Waals surface area contributed by atoms with Crippen LogP contribution in [0.15, 0.2) is 53.3 Å². The number of benzene rings is 2. The zero-order chi connectivity index (χ0) is 19.6. The molecule has 140 valence electrons. The Balaban J connectivity index is 1.76. The number of carbonyl (C=O) groups excluding carboxylic acids is 1. The van der Waals surface area contributed by atoms with E-state index in [1.165, 1.54) is 4.68 Å². The molecule has 3 rings (SSSR count). The van der Waals surface area contributed by atoms with Gasteiger partial charge < -0.3 is 10.1 Å². The van der Waals surface area contributed by atoms with E-state index in [1.807, 2.05) is 62.4 Å². The lowest BCUT2D eigenvalue weighted by molar-refractivity contribution is -0.118. The van der Waals surface area contributed by atoms with Crippen LogP contribution in [0.5, 0.6) is 5.75 Å². The van der Waals surface area contributed by atoms with Gasteiger partial charge in [0.15, 0.2) is 6.61 Å². The Hall–Kier alpha value is -3.28. The maximum Gasteiger partial charge on any atom is 0.295 e. The second-order valence-corrected chi connectivity index (χ2v) is 6.52. The van der Waals surface area contributed by atoms with Crippen LogP contribution in [0.2, 0.25) is 0 Å². The predicted octanol–water partition coefficient (Wildman–Crippen LogP) is 3.12. The number of para-hydroxylation sites is 1. The summed E-state index contributed by atoms with van der Waals surface area (Å²) in [7, 11) is 1.78. The highest BCUT2D eigenvalue weighted by molar-refractivity contribution is 5.92. The minimum absolute atomic E-state index is 0.165. The van der Waals surface area contributed by atoms with Crippen LogP contribution in [0, 0.1) is 20.8 Å². The fraction of sp³-hybridized carbons (Fsp3) is 0.238. The van der Waals surface area contributed by atoms with E-state index in [1.54, 1.807) is 18.7 Å². The molecule has 0 bridgehead atoms. The van der Waals surface area contributed by atoms with Gasteiger partial charge in [-0.05, 0) is 56.2 Å². The van der Waals surface area contributed by atoms with Crippen LogP contribution in [-0.2, 0) is 11.8 Å². The van der Waals surface area contributed by atoms with Gasteiger partial charge in [0, 0.05) is 7.05 Å². The van der Waals surface area contributed by atoms with Crippen LogP contribution in [0.1, 0.15) is 16.8 Å². The van der Waals surface area contributed by atoms with E-state index in [0.717, 1.165) is 16.8 Å². The highest BCUT2D eigenvalue weighted by atomic mass is 16.5. The topological polar surface area (TPSA) is 65.3 Å². The second-order valence-electron chi connectivity index (χ2n) is 6.52. The van der Waals surface area contributed by atoms with E-state index in [4.69, 9.17) is 4.74 Å². The third kappa shape index (κ3) is 3.79. The molecule has 6 heteroatoms. The molecule has 6 nitrogen and oxygen atoms in total. The number of aromatic nitrogens is 2. The molecule has 0 unspecified atom stereocenters. The van der Waals surface area contributed by atoms with Crippen LogP contribution < -0.4 is 15.6 Å². The number of anilines is 1. The van der Waals surface area contributed by atoms with Crippen LogP contribution in [0.3, 0.4) is 0 Å². The average Bonchev–Trinajstić information content (AvgIpc) is 2.87. The standard InChI is InChI=1S/C21H23N3O3/c1-14-10-11-18(12-15(14)2)27-13-19(25)22-20-16(3)23(4)24(21(20)26)17-8-6-5-7-9-17/h5-12H,13H2,1-4H3,(H,22,25). The molecule has 27 heavy (non-hydrogen) atoms. The first-order valence-electron chi connectivity index (χ1n) is 8.72. The molecule has 0 radical (unpaired) electrons. The molecule has 0 saturated heterocycles. The molecule has 1 heterocycles. The normalized spacial score (nSPS) is 10.7. The molecule has 0 aliphatic carbocycles. The smallest absolute Gasteiger partial charge is 0.295 e. The van der Waals surface area contributed by atoms with Gasteiger partial charge in [-0.2, -0.15) is 0 Å². The first-order valence-corrected chi connectivity index (χ1v) is 8.72. The Morgan fingerprint density at radius 1 is 1.04 bits per heavy atom. The summed E-state index contributed by atoms with van der Waals surface area (Å²) >= 11 is 0. The highest BCUT2D eigenvalue weighted by Gasteiger charge is 2.18. The Bertz CT molecular complexity index is 1030. The van der Waals surface area contributed by atoms with Crippen molar-refractivity contribution in [2.75, 3.05) is 11.9 Å². The van der Waals surface area contributed by atoms with Gasteiger partial charge in [-0.15, -0.1) is 0 Å². The quantitative estimate of drug-likeness (QED) is 0.755. The van der Waals surface area contributed by atoms with Gasteiger partial charge >= 0.3 is 0 Å². The second kappa shape index (κ2) is 7.53. The van der Waals surface area contributed by atoms with Crippen LogP contribution >= 0.6 is 0 Å². The fourth-order valence-corrected chi connectivity index (χ4v) is 2.84. The number of nitrogens with one attached hydrogen (secondary N) is 1. The molecule has 0 saturated carbocycles. The van der Waals surface area contributed by atoms with Crippen LogP contribution in [0.4, 0.5) is 5.69 Å². The molecule has 0 aliphatic rings. The Kier molecular flexibility index (Phi) is 5.16. The van der Waals surface area contributed by atoms with Crippen LogP contribution in [-0.4, -0.2) is 21.9 Å². The zero-order valence-electron chi connectivity index (χ0n) is 15.9. The van der Waals surface area contributed by atoms with E-state index in [-0.39, 0.29) is 23.8 Å². The lowest BCUT2D eigenvalue weighted by atomic mass is 10.1. The number of aryl methyl sites for hydroxylation is 2. The van der Waals surface area contributed by atoms with Crippen molar-refractivity contribution in [2.45, 2.75) is 20.8 Å². The molecule has 2 aromatic carbocycles. The number of nitrogens with zero attached hydrogens (tertiary/aromatic N) is 2. The summed E-state index contributed by atoms with van der Waals surface area (Å²) < 4.78 is 8.79. The van der Waals surface area contributed by atoms with Gasteiger partial charge in [-0.25, -0.2) is 4.68 Å². The maximum atomic E-state index is 12.8. The molecular formula is C21H23N3O3. The Morgan fingerprint density at radius 3 is 2.41 bits per heavy atom. The summed E-state index contributed by atoms with van der Waals surface area (Å²) in [6.07, 6.45) is 0. The number of ether oxygens (including phenoxy) is 1. The minimum atomic E-state index is -0.376. The van der Waals surface area contributed by atoms with Crippen molar-refractivity contribution in [3.8, 4) is 11.4 Å². The predicted molar refractivity (Wildman–Crippen MR) is 106 cm³/mol. The van der Waals surface area contributed by atoms with Crippen LogP contribution in [0.25, 0.3) is 5.69 Å². The molecule has 3 aromatic rings. The Morgan fingerprint density at radius 2 is 1.74 bits per heavy atom. The Labute approximate surface area is 158 Å². The summed E-state index contributed by atoms with van der Waals surface area (Å²) in [6.45, 7) is 5.63. The van der Waals surface area contributed by atoms with Gasteiger partial charge in [-0.1, -0.05) is 24.3 Å². The van der Waals surface area contributed by atoms with Crippen molar-refractivity contribution in [3.63, 3.8) is 0 Å². The number of amides is 1. The van der Waals surface area contributed by atoms with Gasteiger partial charge in [0.2, 0.25) is 0 Å². The summed E-state index contributed by atoms with van der Waals surface area (Å²) in [5.74, 6) is 0.249. The largest absolute Gasteiger partial charge is 0.484 e. The molecule has 1 amide bonds. The van der Waals surface area contributed by atoms with E-state index < -0.39 is 0 Å². The van der Waals surface area contributed by atoms with Crippen molar-refractivity contribution in [2.24, 2.45) is 7.05 Å². The highest BCUT2D eigenvalue weighted by Crippen LogP contribution is 2.17. The first kappa shape index (κ1) is 18.5. The summed E-state index contributed by atoms with van der Waals surface area (Å²) in [6, 6.07) is 15.0. The fourth-order valence-electron chi connectivity index (χ4n) is 2.84. The van der Waals surface area contributed by atoms with Gasteiger partial charge in [0.1, 0.15) is 11.4 Å². The third-order valence-corrected chi connectivity index (χ3v) is 4.67. The number of hydrogen-bond donors (Lipinski definition) is 1. The zero-order valence-corrected chi connectivity index (χ0v) is 15.9. The van der Waals surface area contributed by atoms with E-state index in [2.05, 4.69) is 5.32 Å². The van der Waals surface area contributed by atoms with Crippen molar-refractivity contribution in [1.82, 2.24) is 9.36 Å². The lowest BCUT2D eigenvalue weighted by Gasteiger charge is -2.08. The summed E-state index contributed by atoms with van der Waals surface area (Å²) in [5.41, 5.74) is 3.64. The molecule has 0 atom stereocenters. The van der Waals surface area contributed by atoms with Crippen molar-refractivity contribution < 1.29 is 9.53 Å². The van der Waals surface area contributed by atoms with Gasteiger partial charge in [0.25, 0.3) is 11.5 Å². The minimum Gasteiger partial charge on any atom is -0.484 e. The molecule has 0 fully saturated rings. The van der Waals surface area contributed by atoms with Crippen molar-refractivity contribution in [3.05, 3.63) is 75.7 Å². The number of carbonyl (C=O) groups is 1. The SMILES string of the molecule is Cc1ccc(OCC(=O)Nc2c(C)n(C)n(-c3ccccc3)c2=O)cc1C. The average molecular weight is 365 g/mol. The third-order valence-electron chi connectivity index (χ3n) is 4.67. The number of hydrogen-bond acceptors (Lipinski definition) is 3. The molecule has 0 spiro atoms. The van der Waals surface area contributed by atoms with Gasteiger partial charge in [0.05, 0.1) is 11.4 Å². The molecular weight excluding hydrogens is 342 g/mol. The molecule has 1 aromatic heterocycles. The van der Waals surface area contributed by atoms with Crippen molar-refractivity contribution >= 4 is 11.6 Å².